The Morgan fingerprint density at radius 1 is 1.20 bits per heavy atom. The van der Waals surface area contributed by atoms with Gasteiger partial charge in [0, 0.05) is 23.9 Å². The van der Waals surface area contributed by atoms with E-state index in [1.807, 2.05) is 6.07 Å². The maximum Gasteiger partial charge on any atom is 0.233 e. The van der Waals surface area contributed by atoms with Crippen LogP contribution in [0, 0.1) is 0 Å². The third-order valence-corrected chi connectivity index (χ3v) is 3.36. The molecule has 104 valence electrons. The van der Waals surface area contributed by atoms with Gasteiger partial charge in [-0.3, -0.25) is 0 Å². The highest BCUT2D eigenvalue weighted by atomic mass is 16.5. The Kier molecular flexibility index (Phi) is 3.45. The van der Waals surface area contributed by atoms with E-state index in [4.69, 9.17) is 4.74 Å². The molecule has 20 heavy (non-hydrogen) atoms. The third kappa shape index (κ3) is 2.29. The van der Waals surface area contributed by atoms with Gasteiger partial charge in [0.15, 0.2) is 5.82 Å². The maximum absolute atomic E-state index is 5.01. The normalized spacial score (nSPS) is 13.1. The predicted molar refractivity (Wildman–Crippen MR) is 75.8 cm³/mol. The number of anilines is 1. The molecule has 0 atom stereocenters. The van der Waals surface area contributed by atoms with E-state index in [0.717, 1.165) is 37.3 Å². The summed E-state index contributed by atoms with van der Waals surface area (Å²) in [6, 6.07) is 3.60. The summed E-state index contributed by atoms with van der Waals surface area (Å²) in [6.07, 6.45) is 3.19. The molecule has 0 radical (unpaired) electrons. The van der Waals surface area contributed by atoms with E-state index in [-0.39, 0.29) is 0 Å². The monoisotopic (exact) mass is 271 g/mol. The van der Waals surface area contributed by atoms with Crippen LogP contribution in [0.5, 0.6) is 5.88 Å². The average Bonchev–Trinajstić information content (AvgIpc) is 2.96. The smallest absolute Gasteiger partial charge is 0.233 e. The van der Waals surface area contributed by atoms with Gasteiger partial charge in [0.1, 0.15) is 11.5 Å². The van der Waals surface area contributed by atoms with Crippen molar-refractivity contribution in [2.24, 2.45) is 0 Å². The zero-order valence-corrected chi connectivity index (χ0v) is 11.7. The molecule has 6 heteroatoms. The van der Waals surface area contributed by atoms with Gasteiger partial charge in [0.05, 0.1) is 7.11 Å². The first-order valence-electron chi connectivity index (χ1n) is 6.83. The molecule has 0 spiro atoms. The van der Waals surface area contributed by atoms with Crippen LogP contribution < -0.4 is 10.1 Å². The molecule has 0 saturated heterocycles. The van der Waals surface area contributed by atoms with Crippen molar-refractivity contribution < 1.29 is 4.74 Å². The largest absolute Gasteiger partial charge is 0.480 e. The summed E-state index contributed by atoms with van der Waals surface area (Å²) in [5.74, 6) is 2.04. The standard InChI is InChI=1S/C14H17N5O/c1-3-15-13-9-5-4-6-10(9)16-14(17-13)11-7-8-12(20-2)19-18-11/h7-8H,3-6H2,1-2H3,(H,15,16,17). The van der Waals surface area contributed by atoms with E-state index in [9.17, 15) is 0 Å². The molecule has 0 saturated carbocycles. The Morgan fingerprint density at radius 3 is 2.80 bits per heavy atom. The summed E-state index contributed by atoms with van der Waals surface area (Å²) in [5.41, 5.74) is 3.04. The number of hydrogen-bond acceptors (Lipinski definition) is 6. The fraction of sp³-hybridized carbons (Fsp3) is 0.429. The van der Waals surface area contributed by atoms with E-state index in [1.54, 1.807) is 13.2 Å². The second kappa shape index (κ2) is 5.40. The van der Waals surface area contributed by atoms with Crippen LogP contribution >= 0.6 is 0 Å². The van der Waals surface area contributed by atoms with Crippen molar-refractivity contribution in [1.29, 1.82) is 0 Å². The lowest BCUT2D eigenvalue weighted by molar-refractivity contribution is 0.392. The molecule has 0 fully saturated rings. The third-order valence-electron chi connectivity index (χ3n) is 3.36. The number of aryl methyl sites for hydroxylation is 1. The van der Waals surface area contributed by atoms with Gasteiger partial charge < -0.3 is 10.1 Å². The van der Waals surface area contributed by atoms with Crippen molar-refractivity contribution >= 4 is 5.82 Å². The first-order chi connectivity index (χ1) is 9.81. The number of rotatable bonds is 4. The van der Waals surface area contributed by atoms with Gasteiger partial charge in [0.25, 0.3) is 0 Å². The molecule has 3 rings (SSSR count). The molecular weight excluding hydrogens is 254 g/mol. The van der Waals surface area contributed by atoms with Crippen molar-refractivity contribution in [3.63, 3.8) is 0 Å². The van der Waals surface area contributed by atoms with Gasteiger partial charge >= 0.3 is 0 Å². The number of nitrogens with one attached hydrogen (secondary N) is 1. The van der Waals surface area contributed by atoms with Gasteiger partial charge in [0.2, 0.25) is 5.88 Å². The quantitative estimate of drug-likeness (QED) is 0.915. The fourth-order valence-corrected chi connectivity index (χ4v) is 2.41. The highest BCUT2D eigenvalue weighted by Gasteiger charge is 2.20. The van der Waals surface area contributed by atoms with Crippen LogP contribution in [0.3, 0.4) is 0 Å². The highest BCUT2D eigenvalue weighted by Crippen LogP contribution is 2.28. The van der Waals surface area contributed by atoms with Crippen LogP contribution in [0.15, 0.2) is 12.1 Å². The van der Waals surface area contributed by atoms with Crippen LogP contribution in [0.2, 0.25) is 0 Å². The molecule has 0 unspecified atom stereocenters. The minimum atomic E-state index is 0.488. The molecule has 2 heterocycles. The zero-order valence-electron chi connectivity index (χ0n) is 11.7. The zero-order chi connectivity index (χ0) is 13.9. The van der Waals surface area contributed by atoms with Crippen molar-refractivity contribution in [2.75, 3.05) is 19.0 Å². The lowest BCUT2D eigenvalue weighted by atomic mass is 10.2. The fourth-order valence-electron chi connectivity index (χ4n) is 2.41. The Balaban J connectivity index is 2.02. The Labute approximate surface area is 117 Å². The number of methoxy groups -OCH3 is 1. The van der Waals surface area contributed by atoms with E-state index in [1.165, 1.54) is 5.56 Å². The van der Waals surface area contributed by atoms with Crippen LogP contribution in [0.25, 0.3) is 11.5 Å². The van der Waals surface area contributed by atoms with Crippen LogP contribution in [-0.4, -0.2) is 33.8 Å². The number of fused-ring (bicyclic) bond motifs is 1. The molecule has 0 amide bonds. The summed E-state index contributed by atoms with van der Waals surface area (Å²) in [7, 11) is 1.57. The highest BCUT2D eigenvalue weighted by molar-refractivity contribution is 5.57. The van der Waals surface area contributed by atoms with E-state index in [2.05, 4.69) is 32.4 Å². The molecular formula is C14H17N5O. The van der Waals surface area contributed by atoms with Crippen molar-refractivity contribution in [3.8, 4) is 17.4 Å². The number of nitrogens with zero attached hydrogens (tertiary/aromatic N) is 4. The van der Waals surface area contributed by atoms with Gasteiger partial charge in [-0.1, -0.05) is 0 Å². The Morgan fingerprint density at radius 2 is 2.10 bits per heavy atom. The van der Waals surface area contributed by atoms with Gasteiger partial charge in [-0.15, -0.1) is 10.2 Å². The molecule has 2 aromatic heterocycles. The summed E-state index contributed by atoms with van der Waals surface area (Å²) >= 11 is 0. The van der Waals surface area contributed by atoms with E-state index >= 15 is 0 Å². The van der Waals surface area contributed by atoms with Crippen LogP contribution in [-0.2, 0) is 12.8 Å². The molecule has 0 bridgehead atoms. The SMILES string of the molecule is CCNc1nc(-c2ccc(OC)nn2)nc2c1CCC2. The summed E-state index contributed by atoms with van der Waals surface area (Å²) in [6.45, 7) is 2.91. The summed E-state index contributed by atoms with van der Waals surface area (Å²) < 4.78 is 5.01. The molecule has 0 aromatic carbocycles. The van der Waals surface area contributed by atoms with Crippen LogP contribution in [0.1, 0.15) is 24.6 Å². The minimum Gasteiger partial charge on any atom is -0.480 e. The number of aromatic nitrogens is 4. The molecule has 1 N–H and O–H groups in total. The summed E-state index contributed by atoms with van der Waals surface area (Å²) in [5, 5.41) is 11.4. The molecule has 2 aromatic rings. The van der Waals surface area contributed by atoms with E-state index in [0.29, 0.717) is 17.4 Å². The van der Waals surface area contributed by atoms with Gasteiger partial charge in [-0.05, 0) is 32.3 Å². The lowest BCUT2D eigenvalue weighted by Crippen LogP contribution is -2.07. The van der Waals surface area contributed by atoms with Gasteiger partial charge in [-0.2, -0.15) is 0 Å². The van der Waals surface area contributed by atoms with Crippen molar-refractivity contribution in [3.05, 3.63) is 23.4 Å². The Bertz CT molecular complexity index is 612. The molecule has 1 aliphatic carbocycles. The first-order valence-corrected chi connectivity index (χ1v) is 6.83. The summed E-state index contributed by atoms with van der Waals surface area (Å²) in [4.78, 5) is 9.22. The van der Waals surface area contributed by atoms with E-state index < -0.39 is 0 Å². The second-order valence-corrected chi connectivity index (χ2v) is 4.67. The number of hydrogen-bond donors (Lipinski definition) is 1. The second-order valence-electron chi connectivity index (χ2n) is 4.67. The molecule has 1 aliphatic rings. The lowest BCUT2D eigenvalue weighted by Gasteiger charge is -2.10. The van der Waals surface area contributed by atoms with Crippen LogP contribution in [0.4, 0.5) is 5.82 Å². The average molecular weight is 271 g/mol. The first kappa shape index (κ1) is 12.8. The molecule has 0 aliphatic heterocycles. The minimum absolute atomic E-state index is 0.488. The maximum atomic E-state index is 5.01. The van der Waals surface area contributed by atoms with Crippen molar-refractivity contribution in [2.45, 2.75) is 26.2 Å². The number of ether oxygens (including phenoxy) is 1. The predicted octanol–water partition coefficient (Wildman–Crippen LogP) is 1.86. The van der Waals surface area contributed by atoms with Crippen molar-refractivity contribution in [1.82, 2.24) is 20.2 Å². The van der Waals surface area contributed by atoms with Gasteiger partial charge in [-0.25, -0.2) is 9.97 Å². The topological polar surface area (TPSA) is 72.8 Å². The Hall–Kier alpha value is -2.24. The molecule has 6 nitrogen and oxygen atoms in total.